The van der Waals surface area contributed by atoms with Crippen molar-refractivity contribution in [1.29, 1.82) is 0 Å². The monoisotopic (exact) mass is 562 g/mol. The fourth-order valence-electron chi connectivity index (χ4n) is 6.36. The number of fused-ring (bicyclic) bond motifs is 1. The maximum absolute atomic E-state index is 13.2. The molecule has 0 radical (unpaired) electrons. The van der Waals surface area contributed by atoms with Crippen molar-refractivity contribution in [3.63, 3.8) is 0 Å². The number of rotatable bonds is 6. The summed E-state index contributed by atoms with van der Waals surface area (Å²) in [6.45, 7) is 7.61. The summed E-state index contributed by atoms with van der Waals surface area (Å²) in [5.41, 5.74) is 2.30. The van der Waals surface area contributed by atoms with Crippen LogP contribution in [0.5, 0.6) is 5.75 Å². The number of likely N-dealkylation sites (tertiary alicyclic amines) is 1. The van der Waals surface area contributed by atoms with E-state index in [0.29, 0.717) is 56.8 Å². The van der Waals surface area contributed by atoms with Gasteiger partial charge in [0.25, 0.3) is 5.91 Å². The van der Waals surface area contributed by atoms with Crippen LogP contribution in [0.3, 0.4) is 0 Å². The normalized spacial score (nSPS) is 22.8. The molecule has 4 amide bonds. The SMILES string of the molecule is O=C(ON1C(=O)[C@@H]2CN(CC3CCN(Cc4ccccc4)CC3)CCN2C1=O)N1CCN(c2ccc(O)cc2)CC1. The average molecular weight is 563 g/mol. The van der Waals surface area contributed by atoms with Crippen LogP contribution in [0.25, 0.3) is 0 Å². The van der Waals surface area contributed by atoms with E-state index < -0.39 is 24.1 Å². The van der Waals surface area contributed by atoms with Gasteiger partial charge in [0.05, 0.1) is 0 Å². The molecule has 0 bridgehead atoms. The predicted octanol–water partition coefficient (Wildman–Crippen LogP) is 2.43. The number of piperidine rings is 1. The lowest BCUT2D eigenvalue weighted by Crippen LogP contribution is -2.54. The molecule has 4 fully saturated rings. The molecule has 0 aliphatic carbocycles. The number of nitrogens with zero attached hydrogens (tertiary/aromatic N) is 6. The molecule has 0 aromatic heterocycles. The number of aromatic hydroxyl groups is 1. The smallest absolute Gasteiger partial charge is 0.434 e. The highest BCUT2D eigenvalue weighted by molar-refractivity contribution is 6.04. The lowest BCUT2D eigenvalue weighted by Gasteiger charge is -2.39. The molecule has 41 heavy (non-hydrogen) atoms. The Morgan fingerprint density at radius 2 is 1.54 bits per heavy atom. The van der Waals surface area contributed by atoms with Gasteiger partial charge in [0.15, 0.2) is 0 Å². The topological polar surface area (TPSA) is 100 Å². The van der Waals surface area contributed by atoms with Gasteiger partial charge in [0.2, 0.25) is 0 Å². The summed E-state index contributed by atoms with van der Waals surface area (Å²) in [4.78, 5) is 54.4. The third kappa shape index (κ3) is 6.11. The quantitative estimate of drug-likeness (QED) is 0.536. The van der Waals surface area contributed by atoms with Crippen molar-refractivity contribution in [2.24, 2.45) is 5.92 Å². The van der Waals surface area contributed by atoms with Crippen LogP contribution >= 0.6 is 0 Å². The van der Waals surface area contributed by atoms with Crippen molar-refractivity contribution in [2.75, 3.05) is 70.3 Å². The van der Waals surface area contributed by atoms with Crippen molar-refractivity contribution in [2.45, 2.75) is 25.4 Å². The van der Waals surface area contributed by atoms with Crippen LogP contribution in [-0.4, -0.2) is 119 Å². The van der Waals surface area contributed by atoms with Gasteiger partial charge in [-0.25, -0.2) is 9.59 Å². The van der Waals surface area contributed by atoms with E-state index in [2.05, 4.69) is 39.0 Å². The number of hydroxylamine groups is 2. The summed E-state index contributed by atoms with van der Waals surface area (Å²) < 4.78 is 0. The number of amides is 4. The standard InChI is InChI=1S/C30H38N6O5/c37-26-8-6-25(7-9-26)33-15-17-34(18-16-33)30(40)41-36-28(38)27-22-32(14-19-35(27)29(36)39)21-24-10-12-31(13-11-24)20-23-4-2-1-3-5-23/h1-9,24,27,37H,10-22H2/t27-/m0/s1. The minimum atomic E-state index is -0.684. The van der Waals surface area contributed by atoms with Gasteiger partial charge in [-0.1, -0.05) is 35.4 Å². The second-order valence-electron chi connectivity index (χ2n) is 11.4. The summed E-state index contributed by atoms with van der Waals surface area (Å²) in [6.07, 6.45) is 1.55. The van der Waals surface area contributed by atoms with Gasteiger partial charge >= 0.3 is 12.1 Å². The molecule has 1 atom stereocenters. The molecular formula is C30H38N6O5. The highest BCUT2D eigenvalue weighted by Crippen LogP contribution is 2.26. The fraction of sp³-hybridized carbons (Fsp3) is 0.500. The second-order valence-corrected chi connectivity index (χ2v) is 11.4. The molecule has 0 saturated carbocycles. The van der Waals surface area contributed by atoms with Crippen LogP contribution < -0.4 is 4.90 Å². The molecule has 0 unspecified atom stereocenters. The molecule has 6 rings (SSSR count). The molecule has 4 aliphatic rings. The average Bonchev–Trinajstić information content (AvgIpc) is 3.23. The van der Waals surface area contributed by atoms with Crippen molar-refractivity contribution in [3.05, 3.63) is 60.2 Å². The van der Waals surface area contributed by atoms with Crippen molar-refractivity contribution in [3.8, 4) is 5.75 Å². The Kier molecular flexibility index (Phi) is 7.97. The van der Waals surface area contributed by atoms with Gasteiger partial charge in [0.1, 0.15) is 11.8 Å². The van der Waals surface area contributed by atoms with E-state index in [-0.39, 0.29) is 5.75 Å². The molecule has 0 spiro atoms. The molecule has 1 N–H and O–H groups in total. The predicted molar refractivity (Wildman–Crippen MR) is 152 cm³/mol. The Hall–Kier alpha value is -3.83. The van der Waals surface area contributed by atoms with E-state index in [1.54, 1.807) is 12.1 Å². The Morgan fingerprint density at radius 3 is 2.24 bits per heavy atom. The number of phenols is 1. The van der Waals surface area contributed by atoms with E-state index in [0.717, 1.165) is 44.7 Å². The Labute approximate surface area is 240 Å². The van der Waals surface area contributed by atoms with Gasteiger partial charge in [-0.15, -0.1) is 0 Å². The number of hydrogen-bond donors (Lipinski definition) is 1. The van der Waals surface area contributed by atoms with E-state index in [9.17, 15) is 19.5 Å². The zero-order valence-corrected chi connectivity index (χ0v) is 23.3. The summed E-state index contributed by atoms with van der Waals surface area (Å²) in [5, 5.41) is 10.2. The third-order valence-corrected chi connectivity index (χ3v) is 8.76. The highest BCUT2D eigenvalue weighted by atomic mass is 16.7. The number of carbonyl (C=O) groups excluding carboxylic acids is 3. The zero-order valence-electron chi connectivity index (χ0n) is 23.3. The van der Waals surface area contributed by atoms with Crippen LogP contribution in [0.4, 0.5) is 15.3 Å². The van der Waals surface area contributed by atoms with E-state index in [1.807, 2.05) is 18.2 Å². The summed E-state index contributed by atoms with van der Waals surface area (Å²) >= 11 is 0. The van der Waals surface area contributed by atoms with Gasteiger partial charge in [-0.05, 0) is 61.7 Å². The molecule has 2 aromatic rings. The second kappa shape index (κ2) is 12.0. The minimum Gasteiger partial charge on any atom is -0.508 e. The van der Waals surface area contributed by atoms with Gasteiger partial charge in [-0.3, -0.25) is 14.6 Å². The summed E-state index contributed by atoms with van der Waals surface area (Å²) in [6, 6.07) is 16.3. The number of urea groups is 1. The molecule has 4 heterocycles. The number of phenolic OH excluding ortho intramolecular Hbond substituents is 1. The first-order valence-corrected chi connectivity index (χ1v) is 14.6. The number of piperazine rings is 2. The summed E-state index contributed by atoms with van der Waals surface area (Å²) in [5.74, 6) is 0.304. The zero-order chi connectivity index (χ0) is 28.3. The Morgan fingerprint density at radius 1 is 0.829 bits per heavy atom. The van der Waals surface area contributed by atoms with E-state index >= 15 is 0 Å². The van der Waals surface area contributed by atoms with Crippen LogP contribution in [0.2, 0.25) is 0 Å². The molecule has 218 valence electrons. The number of anilines is 1. The molecule has 2 aromatic carbocycles. The third-order valence-electron chi connectivity index (χ3n) is 8.76. The van der Waals surface area contributed by atoms with Gasteiger partial charge in [0, 0.05) is 64.6 Å². The number of carbonyl (C=O) groups is 3. The first-order valence-electron chi connectivity index (χ1n) is 14.6. The van der Waals surface area contributed by atoms with Crippen LogP contribution in [0, 0.1) is 5.92 Å². The van der Waals surface area contributed by atoms with Gasteiger partial charge in [-0.2, -0.15) is 0 Å². The van der Waals surface area contributed by atoms with E-state index in [4.69, 9.17) is 4.84 Å². The number of hydrogen-bond acceptors (Lipinski definition) is 8. The van der Waals surface area contributed by atoms with Crippen LogP contribution in [-0.2, 0) is 16.2 Å². The van der Waals surface area contributed by atoms with Gasteiger partial charge < -0.3 is 24.6 Å². The first kappa shape index (κ1) is 27.3. The summed E-state index contributed by atoms with van der Waals surface area (Å²) in [7, 11) is 0. The molecule has 11 nitrogen and oxygen atoms in total. The highest BCUT2D eigenvalue weighted by Gasteiger charge is 2.50. The minimum absolute atomic E-state index is 0.204. The van der Waals surface area contributed by atoms with Crippen LogP contribution in [0.15, 0.2) is 54.6 Å². The first-order chi connectivity index (χ1) is 19.9. The molecule has 11 heteroatoms. The molecule has 4 saturated heterocycles. The number of imide groups is 1. The maximum atomic E-state index is 13.2. The lowest BCUT2D eigenvalue weighted by molar-refractivity contribution is -0.152. The Balaban J connectivity index is 0.962. The largest absolute Gasteiger partial charge is 0.508 e. The maximum Gasteiger partial charge on any atom is 0.434 e. The van der Waals surface area contributed by atoms with Crippen molar-refractivity contribution < 1.29 is 24.3 Å². The fourth-order valence-corrected chi connectivity index (χ4v) is 6.36. The van der Waals surface area contributed by atoms with Crippen molar-refractivity contribution in [1.82, 2.24) is 24.7 Å². The molecular weight excluding hydrogens is 524 g/mol. The lowest BCUT2D eigenvalue weighted by atomic mass is 9.95. The van der Waals surface area contributed by atoms with Crippen molar-refractivity contribution >= 4 is 23.7 Å². The van der Waals surface area contributed by atoms with E-state index in [1.165, 1.54) is 15.4 Å². The molecule has 4 aliphatic heterocycles. The van der Waals surface area contributed by atoms with Crippen LogP contribution in [0.1, 0.15) is 18.4 Å². The number of benzene rings is 2. The Bertz CT molecular complexity index is 1230.